The summed E-state index contributed by atoms with van der Waals surface area (Å²) in [6.45, 7) is 1.48. The highest BCUT2D eigenvalue weighted by molar-refractivity contribution is 5.88. The van der Waals surface area contributed by atoms with Crippen molar-refractivity contribution in [2.45, 2.75) is 18.8 Å². The fourth-order valence-corrected chi connectivity index (χ4v) is 2.71. The van der Waals surface area contributed by atoms with E-state index in [0.717, 1.165) is 12.0 Å². The van der Waals surface area contributed by atoms with Gasteiger partial charge in [-0.1, -0.05) is 6.07 Å². The number of carbonyl (C=O) groups is 2. The van der Waals surface area contributed by atoms with Crippen LogP contribution >= 0.6 is 0 Å². The molecule has 1 fully saturated rings. The molecule has 132 valence electrons. The number of piperidine rings is 1. The van der Waals surface area contributed by atoms with Crippen LogP contribution in [0.25, 0.3) is 0 Å². The summed E-state index contributed by atoms with van der Waals surface area (Å²) in [7, 11) is 3.18. The Kier molecular flexibility index (Phi) is 6.43. The van der Waals surface area contributed by atoms with E-state index < -0.39 is 12.0 Å². The molecule has 0 radical (unpaired) electrons. The number of likely N-dealkylation sites (tertiary alicyclic amines) is 1. The molecule has 1 aliphatic heterocycles. The van der Waals surface area contributed by atoms with Crippen LogP contribution in [-0.4, -0.2) is 62.4 Å². The molecule has 7 heteroatoms. The molecule has 0 aromatic heterocycles. The molecule has 1 atom stereocenters. The Morgan fingerprint density at radius 2 is 2.08 bits per heavy atom. The highest BCUT2D eigenvalue weighted by Crippen LogP contribution is 2.33. The lowest BCUT2D eigenvalue weighted by Gasteiger charge is -2.30. The average molecular weight is 337 g/mol. The summed E-state index contributed by atoms with van der Waals surface area (Å²) in [6, 6.07) is 5.29. The molecule has 0 saturated carbocycles. The van der Waals surface area contributed by atoms with E-state index in [9.17, 15) is 9.59 Å². The van der Waals surface area contributed by atoms with Crippen molar-refractivity contribution >= 4 is 11.9 Å². The average Bonchev–Trinajstić information content (AvgIpc) is 2.58. The van der Waals surface area contributed by atoms with Gasteiger partial charge in [-0.15, -0.1) is 0 Å². The standard InChI is InChI=1S/C17H23NO6/c1-22-8-3-9-24-16-10-12(4-5-15(16)23-2)13-11-18(17(20)21)7-6-14(13)19/h4-5,10,13H,3,6-9,11H2,1-2H3,(H,20,21). The lowest BCUT2D eigenvalue weighted by molar-refractivity contribution is -0.122. The first-order valence-electron chi connectivity index (χ1n) is 7.87. The molecule has 1 unspecified atom stereocenters. The highest BCUT2D eigenvalue weighted by Gasteiger charge is 2.31. The van der Waals surface area contributed by atoms with E-state index in [1.165, 1.54) is 4.90 Å². The molecule has 1 heterocycles. The molecule has 24 heavy (non-hydrogen) atoms. The number of benzene rings is 1. The van der Waals surface area contributed by atoms with Gasteiger partial charge in [0, 0.05) is 39.6 Å². The Labute approximate surface area is 141 Å². The van der Waals surface area contributed by atoms with Crippen molar-refractivity contribution in [3.63, 3.8) is 0 Å². The van der Waals surface area contributed by atoms with Crippen molar-refractivity contribution in [3.8, 4) is 11.5 Å². The maximum atomic E-state index is 12.2. The molecule has 7 nitrogen and oxygen atoms in total. The Morgan fingerprint density at radius 1 is 1.29 bits per heavy atom. The fraction of sp³-hybridized carbons (Fsp3) is 0.529. The van der Waals surface area contributed by atoms with Gasteiger partial charge in [0.1, 0.15) is 5.78 Å². The highest BCUT2D eigenvalue weighted by atomic mass is 16.5. The number of rotatable bonds is 7. The summed E-state index contributed by atoms with van der Waals surface area (Å²) in [5, 5.41) is 9.15. The summed E-state index contributed by atoms with van der Waals surface area (Å²) in [6.07, 6.45) is -0.0384. The largest absolute Gasteiger partial charge is 0.493 e. The Balaban J connectivity index is 2.16. The summed E-state index contributed by atoms with van der Waals surface area (Å²) in [5.41, 5.74) is 0.744. The van der Waals surface area contributed by atoms with Crippen LogP contribution in [0.5, 0.6) is 11.5 Å². The van der Waals surface area contributed by atoms with E-state index in [0.29, 0.717) is 24.7 Å². The molecule has 0 spiro atoms. The molecule has 1 amide bonds. The van der Waals surface area contributed by atoms with Crippen molar-refractivity contribution in [1.82, 2.24) is 4.90 Å². The van der Waals surface area contributed by atoms with E-state index >= 15 is 0 Å². The molecular weight excluding hydrogens is 314 g/mol. The maximum Gasteiger partial charge on any atom is 0.407 e. The SMILES string of the molecule is COCCCOc1cc(C2CN(C(=O)O)CCC2=O)ccc1OC. The number of amides is 1. The van der Waals surface area contributed by atoms with Crippen molar-refractivity contribution in [1.29, 1.82) is 0 Å². The number of Topliss-reactive ketones (excluding diaryl/α,β-unsaturated/α-hetero) is 1. The third-order valence-corrected chi connectivity index (χ3v) is 4.03. The normalized spacial score (nSPS) is 17.7. The quantitative estimate of drug-likeness (QED) is 0.767. The number of ether oxygens (including phenoxy) is 3. The predicted octanol–water partition coefficient (Wildman–Crippen LogP) is 2.15. The van der Waals surface area contributed by atoms with Crippen LogP contribution < -0.4 is 9.47 Å². The zero-order valence-electron chi connectivity index (χ0n) is 14.0. The van der Waals surface area contributed by atoms with Gasteiger partial charge in [0.05, 0.1) is 19.6 Å². The van der Waals surface area contributed by atoms with E-state index in [1.807, 2.05) is 0 Å². The molecule has 0 aliphatic carbocycles. The van der Waals surface area contributed by atoms with Crippen molar-refractivity contribution in [3.05, 3.63) is 23.8 Å². The van der Waals surface area contributed by atoms with Gasteiger partial charge in [0.15, 0.2) is 11.5 Å². The summed E-state index contributed by atoms with van der Waals surface area (Å²) in [5.74, 6) is 0.700. The number of carbonyl (C=O) groups excluding carboxylic acids is 1. The second-order valence-electron chi connectivity index (χ2n) is 5.60. The van der Waals surface area contributed by atoms with Gasteiger partial charge in [-0.3, -0.25) is 4.79 Å². The van der Waals surface area contributed by atoms with Crippen LogP contribution in [-0.2, 0) is 9.53 Å². The number of methoxy groups -OCH3 is 2. The van der Waals surface area contributed by atoms with E-state index in [2.05, 4.69) is 0 Å². The molecule has 1 aromatic rings. The Bertz CT molecular complexity index is 588. The summed E-state index contributed by atoms with van der Waals surface area (Å²) >= 11 is 0. The third kappa shape index (κ3) is 4.38. The lowest BCUT2D eigenvalue weighted by atomic mass is 9.89. The number of hydrogen-bond acceptors (Lipinski definition) is 5. The Morgan fingerprint density at radius 3 is 2.75 bits per heavy atom. The maximum absolute atomic E-state index is 12.2. The zero-order valence-corrected chi connectivity index (χ0v) is 14.0. The van der Waals surface area contributed by atoms with Crippen molar-refractivity contribution in [2.24, 2.45) is 0 Å². The lowest BCUT2D eigenvalue weighted by Crippen LogP contribution is -2.42. The molecule has 1 aliphatic rings. The van der Waals surface area contributed by atoms with Crippen molar-refractivity contribution < 1.29 is 28.9 Å². The van der Waals surface area contributed by atoms with Gasteiger partial charge in [0.2, 0.25) is 0 Å². The van der Waals surface area contributed by atoms with Crippen LogP contribution in [0, 0.1) is 0 Å². The van der Waals surface area contributed by atoms with E-state index in [4.69, 9.17) is 19.3 Å². The molecule has 2 rings (SSSR count). The van der Waals surface area contributed by atoms with E-state index in [-0.39, 0.29) is 25.3 Å². The minimum absolute atomic E-state index is 0.0444. The van der Waals surface area contributed by atoms with Gasteiger partial charge < -0.3 is 24.2 Å². The second kappa shape index (κ2) is 8.54. The first-order chi connectivity index (χ1) is 11.6. The third-order valence-electron chi connectivity index (χ3n) is 4.03. The van der Waals surface area contributed by atoms with Crippen molar-refractivity contribution in [2.75, 3.05) is 40.5 Å². The predicted molar refractivity (Wildman–Crippen MR) is 86.9 cm³/mol. The molecule has 1 aromatic carbocycles. The van der Waals surface area contributed by atoms with Gasteiger partial charge in [-0.2, -0.15) is 0 Å². The van der Waals surface area contributed by atoms with Gasteiger partial charge in [-0.05, 0) is 17.7 Å². The first-order valence-corrected chi connectivity index (χ1v) is 7.87. The van der Waals surface area contributed by atoms with Gasteiger partial charge >= 0.3 is 6.09 Å². The molecule has 1 N–H and O–H groups in total. The summed E-state index contributed by atoms with van der Waals surface area (Å²) in [4.78, 5) is 24.7. The number of nitrogens with zero attached hydrogens (tertiary/aromatic N) is 1. The van der Waals surface area contributed by atoms with Crippen LogP contribution in [0.4, 0.5) is 4.79 Å². The Hall–Kier alpha value is -2.28. The second-order valence-corrected chi connectivity index (χ2v) is 5.60. The molecular formula is C17H23NO6. The topological polar surface area (TPSA) is 85.3 Å². The van der Waals surface area contributed by atoms with Crippen LogP contribution in [0.3, 0.4) is 0 Å². The number of hydrogen-bond donors (Lipinski definition) is 1. The minimum atomic E-state index is -1.00. The van der Waals surface area contributed by atoms with E-state index in [1.54, 1.807) is 32.4 Å². The monoisotopic (exact) mass is 337 g/mol. The molecule has 0 bridgehead atoms. The number of carboxylic acid groups (broad SMARTS) is 1. The van der Waals surface area contributed by atoms with Crippen LogP contribution in [0.15, 0.2) is 18.2 Å². The van der Waals surface area contributed by atoms with Crippen LogP contribution in [0.2, 0.25) is 0 Å². The number of ketones is 1. The zero-order chi connectivity index (χ0) is 17.5. The molecule has 1 saturated heterocycles. The van der Waals surface area contributed by atoms with Crippen LogP contribution in [0.1, 0.15) is 24.3 Å². The smallest absolute Gasteiger partial charge is 0.407 e. The minimum Gasteiger partial charge on any atom is -0.493 e. The first kappa shape index (κ1) is 18.1. The summed E-state index contributed by atoms with van der Waals surface area (Å²) < 4.78 is 16.0. The van der Waals surface area contributed by atoms with Gasteiger partial charge in [0.25, 0.3) is 0 Å². The fourth-order valence-electron chi connectivity index (χ4n) is 2.71. The van der Waals surface area contributed by atoms with Gasteiger partial charge in [-0.25, -0.2) is 4.79 Å².